The van der Waals surface area contributed by atoms with Crippen molar-refractivity contribution >= 4 is 17.2 Å². The maximum Gasteiger partial charge on any atom is 0.143 e. The first-order chi connectivity index (χ1) is 6.07. The van der Waals surface area contributed by atoms with Crippen LogP contribution in [0, 0.1) is 0 Å². The smallest absolute Gasteiger partial charge is 0.143 e. The van der Waals surface area contributed by atoms with Gasteiger partial charge in [0.05, 0.1) is 5.69 Å². The van der Waals surface area contributed by atoms with E-state index in [9.17, 15) is 0 Å². The molecule has 72 valence electrons. The second-order valence-corrected chi connectivity index (χ2v) is 3.60. The van der Waals surface area contributed by atoms with Gasteiger partial charge in [-0.15, -0.1) is 5.10 Å². The average molecular weight is 198 g/mol. The Balaban J connectivity index is 3.22. The summed E-state index contributed by atoms with van der Waals surface area (Å²) in [6, 6.07) is 0. The molecule has 0 aliphatic carbocycles. The molecule has 0 aliphatic rings. The summed E-state index contributed by atoms with van der Waals surface area (Å²) in [7, 11) is 0. The van der Waals surface area contributed by atoms with Gasteiger partial charge < -0.3 is 5.73 Å². The number of rotatable bonds is 3. The topological polar surface area (TPSA) is 56.7 Å². The summed E-state index contributed by atoms with van der Waals surface area (Å²) in [4.78, 5) is 0.323. The number of thiocarbonyl (C=S) groups is 1. The molecule has 0 saturated heterocycles. The van der Waals surface area contributed by atoms with E-state index < -0.39 is 0 Å². The fraction of sp³-hybridized carbons (Fsp3) is 0.625. The van der Waals surface area contributed by atoms with Gasteiger partial charge >= 0.3 is 0 Å². The number of nitrogens with two attached hydrogens (primary N) is 1. The van der Waals surface area contributed by atoms with Crippen LogP contribution in [0.5, 0.6) is 0 Å². The van der Waals surface area contributed by atoms with E-state index in [0.29, 0.717) is 16.6 Å². The Morgan fingerprint density at radius 3 is 2.62 bits per heavy atom. The molecule has 0 bridgehead atoms. The van der Waals surface area contributed by atoms with E-state index in [1.54, 1.807) is 0 Å². The lowest BCUT2D eigenvalue weighted by Crippen LogP contribution is -2.14. The van der Waals surface area contributed by atoms with Gasteiger partial charge in [0.1, 0.15) is 10.7 Å². The molecule has 0 amide bonds. The first-order valence-electron chi connectivity index (χ1n) is 4.31. The third-order valence-electron chi connectivity index (χ3n) is 1.85. The van der Waals surface area contributed by atoms with Crippen molar-refractivity contribution in [2.75, 3.05) is 0 Å². The highest BCUT2D eigenvalue weighted by Crippen LogP contribution is 2.17. The van der Waals surface area contributed by atoms with Crippen molar-refractivity contribution in [2.24, 2.45) is 5.73 Å². The molecule has 1 aromatic rings. The molecule has 0 aliphatic heterocycles. The Labute approximate surface area is 83.1 Å². The van der Waals surface area contributed by atoms with Crippen molar-refractivity contribution in [3.05, 3.63) is 11.4 Å². The molecular weight excluding hydrogens is 184 g/mol. The number of aryl methyl sites for hydroxylation is 1. The van der Waals surface area contributed by atoms with Gasteiger partial charge in [0.25, 0.3) is 0 Å². The van der Waals surface area contributed by atoms with Crippen molar-refractivity contribution in [1.29, 1.82) is 0 Å². The molecule has 0 spiro atoms. The molecule has 2 N–H and O–H groups in total. The van der Waals surface area contributed by atoms with E-state index in [2.05, 4.69) is 24.2 Å². The summed E-state index contributed by atoms with van der Waals surface area (Å²) in [5.41, 5.74) is 7.22. The van der Waals surface area contributed by atoms with Gasteiger partial charge in [-0.05, 0) is 12.8 Å². The predicted molar refractivity (Wildman–Crippen MR) is 55.7 cm³/mol. The highest BCUT2D eigenvalue weighted by molar-refractivity contribution is 7.80. The SMILES string of the molecule is CCn1nnc(C(N)=S)c1C(C)C. The van der Waals surface area contributed by atoms with Crippen LogP contribution in [0.15, 0.2) is 0 Å². The van der Waals surface area contributed by atoms with Gasteiger partial charge in [0, 0.05) is 6.54 Å². The van der Waals surface area contributed by atoms with Gasteiger partial charge in [-0.1, -0.05) is 31.3 Å². The van der Waals surface area contributed by atoms with Gasteiger partial charge in [-0.25, -0.2) is 4.68 Å². The number of hydrogen-bond donors (Lipinski definition) is 1. The van der Waals surface area contributed by atoms with E-state index in [0.717, 1.165) is 12.2 Å². The van der Waals surface area contributed by atoms with Crippen LogP contribution in [0.25, 0.3) is 0 Å². The van der Waals surface area contributed by atoms with Crippen LogP contribution < -0.4 is 5.73 Å². The van der Waals surface area contributed by atoms with Crippen LogP contribution in [0.3, 0.4) is 0 Å². The van der Waals surface area contributed by atoms with E-state index >= 15 is 0 Å². The fourth-order valence-electron chi connectivity index (χ4n) is 1.30. The minimum Gasteiger partial charge on any atom is -0.388 e. The highest BCUT2D eigenvalue weighted by atomic mass is 32.1. The van der Waals surface area contributed by atoms with Crippen molar-refractivity contribution < 1.29 is 0 Å². The van der Waals surface area contributed by atoms with Crippen LogP contribution in [0.1, 0.15) is 38.1 Å². The molecule has 0 fully saturated rings. The monoisotopic (exact) mass is 198 g/mol. The molecule has 1 rings (SSSR count). The van der Waals surface area contributed by atoms with E-state index in [-0.39, 0.29) is 0 Å². The van der Waals surface area contributed by atoms with Crippen molar-refractivity contribution in [3.8, 4) is 0 Å². The molecule has 5 heteroatoms. The second kappa shape index (κ2) is 3.83. The van der Waals surface area contributed by atoms with E-state index in [1.807, 2.05) is 11.6 Å². The Morgan fingerprint density at radius 1 is 1.62 bits per heavy atom. The quantitative estimate of drug-likeness (QED) is 0.738. The van der Waals surface area contributed by atoms with Crippen molar-refractivity contribution in [2.45, 2.75) is 33.2 Å². The van der Waals surface area contributed by atoms with Gasteiger partial charge in [0.15, 0.2) is 0 Å². The molecule has 0 unspecified atom stereocenters. The normalized spacial score (nSPS) is 10.8. The molecule has 1 heterocycles. The highest BCUT2D eigenvalue weighted by Gasteiger charge is 2.16. The zero-order valence-corrected chi connectivity index (χ0v) is 8.93. The largest absolute Gasteiger partial charge is 0.388 e. The summed E-state index contributed by atoms with van der Waals surface area (Å²) in [5, 5.41) is 7.93. The Bertz CT molecular complexity index is 316. The third kappa shape index (κ3) is 1.85. The number of nitrogens with zero attached hydrogens (tertiary/aromatic N) is 3. The van der Waals surface area contributed by atoms with Crippen LogP contribution in [0.2, 0.25) is 0 Å². The first-order valence-corrected chi connectivity index (χ1v) is 4.71. The Morgan fingerprint density at radius 2 is 2.23 bits per heavy atom. The molecular formula is C8H14N4S. The minimum atomic E-state index is 0.323. The fourth-order valence-corrected chi connectivity index (χ4v) is 1.45. The minimum absolute atomic E-state index is 0.323. The number of aromatic nitrogens is 3. The summed E-state index contributed by atoms with van der Waals surface area (Å²) >= 11 is 4.89. The van der Waals surface area contributed by atoms with Crippen LogP contribution in [0.4, 0.5) is 0 Å². The summed E-state index contributed by atoms with van der Waals surface area (Å²) < 4.78 is 1.83. The maximum absolute atomic E-state index is 5.54. The molecule has 0 atom stereocenters. The van der Waals surface area contributed by atoms with Crippen molar-refractivity contribution in [3.63, 3.8) is 0 Å². The maximum atomic E-state index is 5.54. The van der Waals surface area contributed by atoms with Gasteiger partial charge in [-0.2, -0.15) is 0 Å². The Hall–Kier alpha value is -0.970. The van der Waals surface area contributed by atoms with Gasteiger partial charge in [-0.3, -0.25) is 0 Å². The Kier molecular flexibility index (Phi) is 2.98. The van der Waals surface area contributed by atoms with Crippen LogP contribution >= 0.6 is 12.2 Å². The van der Waals surface area contributed by atoms with E-state index in [4.69, 9.17) is 18.0 Å². The predicted octanol–water partition coefficient (Wildman–Crippen LogP) is 1.06. The molecule has 13 heavy (non-hydrogen) atoms. The van der Waals surface area contributed by atoms with E-state index in [1.165, 1.54) is 0 Å². The van der Waals surface area contributed by atoms with Crippen LogP contribution in [-0.4, -0.2) is 20.0 Å². The summed E-state index contributed by atoms with van der Waals surface area (Å²) in [6.45, 7) is 6.96. The molecule has 0 aromatic carbocycles. The zero-order chi connectivity index (χ0) is 10.0. The van der Waals surface area contributed by atoms with Gasteiger partial charge in [0.2, 0.25) is 0 Å². The lowest BCUT2D eigenvalue weighted by molar-refractivity contribution is 0.579. The summed E-state index contributed by atoms with van der Waals surface area (Å²) in [6.07, 6.45) is 0. The second-order valence-electron chi connectivity index (χ2n) is 3.16. The average Bonchev–Trinajstić information content (AvgIpc) is 2.46. The lowest BCUT2D eigenvalue weighted by Gasteiger charge is -2.08. The standard InChI is InChI=1S/C8H14N4S/c1-4-12-7(5(2)3)6(8(9)13)10-11-12/h5H,4H2,1-3H3,(H2,9,13). The molecule has 1 aromatic heterocycles. The molecule has 0 radical (unpaired) electrons. The van der Waals surface area contributed by atoms with Crippen molar-refractivity contribution in [1.82, 2.24) is 15.0 Å². The van der Waals surface area contributed by atoms with Crippen LogP contribution in [-0.2, 0) is 6.54 Å². The molecule has 0 saturated carbocycles. The third-order valence-corrected chi connectivity index (χ3v) is 2.05. The molecule has 4 nitrogen and oxygen atoms in total. The number of hydrogen-bond acceptors (Lipinski definition) is 3. The summed E-state index contributed by atoms with van der Waals surface area (Å²) in [5.74, 6) is 0.339. The zero-order valence-electron chi connectivity index (χ0n) is 8.11. The first kappa shape index (κ1) is 10.1. The lowest BCUT2D eigenvalue weighted by atomic mass is 10.1.